The Labute approximate surface area is 127 Å². The first-order valence-corrected chi connectivity index (χ1v) is 8.21. The third-order valence-electron chi connectivity index (χ3n) is 3.57. The van der Waals surface area contributed by atoms with Gasteiger partial charge in [0.2, 0.25) is 0 Å². The summed E-state index contributed by atoms with van der Waals surface area (Å²) >= 11 is 1.89. The zero-order valence-electron chi connectivity index (χ0n) is 12.3. The first-order valence-electron chi connectivity index (χ1n) is 7.06. The van der Waals surface area contributed by atoms with Crippen molar-refractivity contribution in [3.05, 3.63) is 34.9 Å². The number of amides is 1. The monoisotopic (exact) mass is 305 g/mol. The highest BCUT2D eigenvalue weighted by Crippen LogP contribution is 2.13. The zero-order chi connectivity index (χ0) is 14.8. The summed E-state index contributed by atoms with van der Waals surface area (Å²) in [4.78, 5) is 14.2. The van der Waals surface area contributed by atoms with Crippen molar-refractivity contribution in [1.29, 1.82) is 0 Å². The zero-order valence-corrected chi connectivity index (χ0v) is 13.1. The number of nitrogens with zero attached hydrogens (tertiary/aromatic N) is 4. The Morgan fingerprint density at radius 3 is 2.76 bits per heavy atom. The molecule has 0 spiro atoms. The molecule has 0 saturated carbocycles. The lowest BCUT2D eigenvalue weighted by atomic mass is 10.3. The Morgan fingerprint density at radius 1 is 1.33 bits per heavy atom. The van der Waals surface area contributed by atoms with Crippen molar-refractivity contribution in [3.63, 3.8) is 0 Å². The molecule has 0 atom stereocenters. The van der Waals surface area contributed by atoms with Crippen molar-refractivity contribution in [2.24, 2.45) is 0 Å². The lowest BCUT2D eigenvalue weighted by Crippen LogP contribution is -2.38. The molecule has 3 rings (SSSR count). The number of thioether (sulfide) groups is 1. The number of carbonyl (C=O) groups is 1. The maximum atomic E-state index is 12.3. The van der Waals surface area contributed by atoms with E-state index in [1.165, 1.54) is 0 Å². The average Bonchev–Trinajstić information content (AvgIpc) is 3.07. The van der Waals surface area contributed by atoms with Gasteiger partial charge in [-0.3, -0.25) is 14.6 Å². The molecular formula is C14H19N5OS. The van der Waals surface area contributed by atoms with E-state index in [9.17, 15) is 4.79 Å². The van der Waals surface area contributed by atoms with E-state index in [-0.39, 0.29) is 5.91 Å². The number of hydrogen-bond donors (Lipinski definition) is 1. The second-order valence-electron chi connectivity index (χ2n) is 5.27. The minimum Gasteiger partial charge on any atom is -0.336 e. The molecule has 1 amide bonds. The molecule has 0 aliphatic carbocycles. The van der Waals surface area contributed by atoms with Gasteiger partial charge in [0.15, 0.2) is 0 Å². The Bertz CT molecular complexity index is 642. The first kappa shape index (κ1) is 14.2. The fourth-order valence-corrected chi connectivity index (χ4v) is 3.38. The number of hydrogen-bond acceptors (Lipinski definition) is 4. The summed E-state index contributed by atoms with van der Waals surface area (Å²) in [7, 11) is 0. The second-order valence-corrected chi connectivity index (χ2v) is 6.49. The van der Waals surface area contributed by atoms with Crippen molar-refractivity contribution in [2.45, 2.75) is 20.4 Å². The van der Waals surface area contributed by atoms with E-state index in [1.54, 1.807) is 0 Å². The van der Waals surface area contributed by atoms with Gasteiger partial charge in [-0.05, 0) is 26.0 Å². The number of aromatic nitrogens is 4. The maximum absolute atomic E-state index is 12.3. The molecule has 21 heavy (non-hydrogen) atoms. The summed E-state index contributed by atoms with van der Waals surface area (Å²) in [5, 5.41) is 11.5. The summed E-state index contributed by atoms with van der Waals surface area (Å²) in [6.45, 7) is 6.22. The number of aryl methyl sites for hydroxylation is 2. The van der Waals surface area contributed by atoms with E-state index < -0.39 is 0 Å². The minimum absolute atomic E-state index is 0.0196. The number of aromatic amines is 1. The molecule has 1 aliphatic heterocycles. The molecule has 1 saturated heterocycles. The smallest absolute Gasteiger partial charge is 0.274 e. The molecule has 0 bridgehead atoms. The van der Waals surface area contributed by atoms with Crippen LogP contribution in [0.25, 0.3) is 0 Å². The van der Waals surface area contributed by atoms with Gasteiger partial charge in [-0.1, -0.05) is 0 Å². The van der Waals surface area contributed by atoms with E-state index in [1.807, 2.05) is 47.3 Å². The van der Waals surface area contributed by atoms with Crippen molar-refractivity contribution >= 4 is 17.7 Å². The topological polar surface area (TPSA) is 66.8 Å². The predicted molar refractivity (Wildman–Crippen MR) is 82.6 cm³/mol. The molecule has 2 aromatic heterocycles. The Hall–Kier alpha value is -1.76. The van der Waals surface area contributed by atoms with Crippen LogP contribution in [0.2, 0.25) is 0 Å². The highest BCUT2D eigenvalue weighted by atomic mass is 32.2. The van der Waals surface area contributed by atoms with Crippen molar-refractivity contribution in [3.8, 4) is 0 Å². The quantitative estimate of drug-likeness (QED) is 0.932. The normalized spacial score (nSPS) is 15.4. The molecule has 3 heterocycles. The van der Waals surface area contributed by atoms with Crippen LogP contribution in [-0.2, 0) is 6.54 Å². The maximum Gasteiger partial charge on any atom is 0.274 e. The van der Waals surface area contributed by atoms with E-state index in [0.29, 0.717) is 12.2 Å². The molecule has 0 radical (unpaired) electrons. The SMILES string of the molecule is Cc1cc(C)n(Cc2cc(C(=O)N3CCSCC3)n[nH]2)n1. The Kier molecular flexibility index (Phi) is 4.01. The van der Waals surface area contributed by atoms with Crippen molar-refractivity contribution < 1.29 is 4.79 Å². The van der Waals surface area contributed by atoms with Crippen LogP contribution in [0, 0.1) is 13.8 Å². The molecule has 1 aliphatic rings. The molecule has 1 N–H and O–H groups in total. The van der Waals surface area contributed by atoms with Crippen LogP contribution in [0.1, 0.15) is 27.6 Å². The molecule has 1 fully saturated rings. The van der Waals surface area contributed by atoms with Gasteiger partial charge in [0.25, 0.3) is 5.91 Å². The van der Waals surface area contributed by atoms with Crippen LogP contribution in [-0.4, -0.2) is 55.4 Å². The van der Waals surface area contributed by atoms with Gasteiger partial charge in [0, 0.05) is 30.3 Å². The van der Waals surface area contributed by atoms with E-state index in [2.05, 4.69) is 15.3 Å². The third-order valence-corrected chi connectivity index (χ3v) is 4.51. The molecule has 7 heteroatoms. The summed E-state index contributed by atoms with van der Waals surface area (Å²) in [5.74, 6) is 2.04. The average molecular weight is 305 g/mol. The van der Waals surface area contributed by atoms with Crippen molar-refractivity contribution in [2.75, 3.05) is 24.6 Å². The predicted octanol–water partition coefficient (Wildman–Crippen LogP) is 1.46. The molecule has 6 nitrogen and oxygen atoms in total. The fourth-order valence-electron chi connectivity index (χ4n) is 2.48. The lowest BCUT2D eigenvalue weighted by Gasteiger charge is -2.25. The van der Waals surface area contributed by atoms with Gasteiger partial charge in [0.05, 0.1) is 17.9 Å². The third kappa shape index (κ3) is 3.12. The standard InChI is InChI=1S/C14H19N5OS/c1-10-7-11(2)19(17-10)9-12-8-13(16-15-12)14(20)18-3-5-21-6-4-18/h7-8H,3-6,9H2,1-2H3,(H,15,16). The molecule has 0 aromatic carbocycles. The van der Waals surface area contributed by atoms with Crippen LogP contribution >= 0.6 is 11.8 Å². The minimum atomic E-state index is 0.0196. The van der Waals surface area contributed by atoms with E-state index in [0.717, 1.165) is 41.7 Å². The van der Waals surface area contributed by atoms with Gasteiger partial charge in [-0.2, -0.15) is 22.0 Å². The molecule has 0 unspecified atom stereocenters. The number of H-pyrrole nitrogens is 1. The van der Waals surface area contributed by atoms with E-state index >= 15 is 0 Å². The summed E-state index contributed by atoms with van der Waals surface area (Å²) in [6.07, 6.45) is 0. The molecular weight excluding hydrogens is 286 g/mol. The van der Waals surface area contributed by atoms with Gasteiger partial charge < -0.3 is 4.90 Å². The summed E-state index contributed by atoms with van der Waals surface area (Å²) < 4.78 is 1.91. The van der Waals surface area contributed by atoms with Crippen molar-refractivity contribution in [1.82, 2.24) is 24.9 Å². The van der Waals surface area contributed by atoms with Crippen LogP contribution in [0.4, 0.5) is 0 Å². The van der Waals surface area contributed by atoms with Crippen LogP contribution < -0.4 is 0 Å². The van der Waals surface area contributed by atoms with Gasteiger partial charge >= 0.3 is 0 Å². The summed E-state index contributed by atoms with van der Waals surface area (Å²) in [5.41, 5.74) is 3.49. The largest absolute Gasteiger partial charge is 0.336 e. The Balaban J connectivity index is 1.71. The van der Waals surface area contributed by atoms with Gasteiger partial charge in [-0.25, -0.2) is 0 Å². The second kappa shape index (κ2) is 5.93. The van der Waals surface area contributed by atoms with Crippen LogP contribution in [0.5, 0.6) is 0 Å². The fraction of sp³-hybridized carbons (Fsp3) is 0.500. The van der Waals surface area contributed by atoms with Crippen LogP contribution in [0.3, 0.4) is 0 Å². The van der Waals surface area contributed by atoms with Gasteiger partial charge in [-0.15, -0.1) is 0 Å². The summed E-state index contributed by atoms with van der Waals surface area (Å²) in [6, 6.07) is 3.87. The highest BCUT2D eigenvalue weighted by molar-refractivity contribution is 7.99. The number of carbonyl (C=O) groups excluding carboxylic acids is 1. The first-order chi connectivity index (χ1) is 10.1. The van der Waals surface area contributed by atoms with Crippen LogP contribution in [0.15, 0.2) is 12.1 Å². The number of rotatable bonds is 3. The number of nitrogens with one attached hydrogen (secondary N) is 1. The van der Waals surface area contributed by atoms with Gasteiger partial charge in [0.1, 0.15) is 5.69 Å². The lowest BCUT2D eigenvalue weighted by molar-refractivity contribution is 0.0766. The highest BCUT2D eigenvalue weighted by Gasteiger charge is 2.20. The Morgan fingerprint density at radius 2 is 2.10 bits per heavy atom. The molecule has 112 valence electrons. The molecule has 2 aromatic rings. The van der Waals surface area contributed by atoms with E-state index in [4.69, 9.17) is 0 Å².